The number of fused-ring (bicyclic) bond motifs is 2. The van der Waals surface area contributed by atoms with E-state index in [4.69, 9.17) is 9.72 Å². The summed E-state index contributed by atoms with van der Waals surface area (Å²) in [5.74, 6) is -1.60. The van der Waals surface area contributed by atoms with Crippen LogP contribution >= 0.6 is 11.3 Å². The van der Waals surface area contributed by atoms with Crippen LogP contribution in [-0.2, 0) is 16.0 Å². The standard InChI is InChI=1S/C29H23FN2O4S/c1-14-10-15(2)24-22(11-14)37-29(31-24)32-25(17-4-7-20(30)8-5-17)23(27(34)28(32)35)26(33)18-6-9-21-19(13-18)12-16(3)36-21/h4-11,13,16,25,33H,12H2,1-3H3/t16-,25+/m1/s1. The molecule has 4 aromatic rings. The van der Waals surface area contributed by atoms with Crippen molar-refractivity contribution in [2.45, 2.75) is 39.3 Å². The second-order valence-electron chi connectivity index (χ2n) is 9.60. The maximum Gasteiger partial charge on any atom is 0.301 e. The lowest BCUT2D eigenvalue weighted by Crippen LogP contribution is -2.29. The van der Waals surface area contributed by atoms with E-state index < -0.39 is 23.5 Å². The number of ketones is 1. The van der Waals surface area contributed by atoms with Crippen LogP contribution in [0.2, 0.25) is 0 Å². The van der Waals surface area contributed by atoms with Gasteiger partial charge in [0, 0.05) is 12.0 Å². The topological polar surface area (TPSA) is 79.7 Å². The van der Waals surface area contributed by atoms with Crippen LogP contribution in [0.15, 0.2) is 60.2 Å². The molecule has 0 saturated carbocycles. The van der Waals surface area contributed by atoms with Crippen LogP contribution < -0.4 is 9.64 Å². The fourth-order valence-electron chi connectivity index (χ4n) is 5.18. The van der Waals surface area contributed by atoms with E-state index in [1.165, 1.54) is 40.5 Å². The third-order valence-electron chi connectivity index (χ3n) is 6.82. The van der Waals surface area contributed by atoms with E-state index in [-0.39, 0.29) is 17.4 Å². The Bertz CT molecular complexity index is 1640. The summed E-state index contributed by atoms with van der Waals surface area (Å²) >= 11 is 1.30. The number of aliphatic hydroxyl groups is 1. The number of benzene rings is 3. The molecule has 0 unspecified atom stereocenters. The van der Waals surface area contributed by atoms with Gasteiger partial charge in [0.25, 0.3) is 5.78 Å². The predicted molar refractivity (Wildman–Crippen MR) is 141 cm³/mol. The molecule has 2 aliphatic heterocycles. The summed E-state index contributed by atoms with van der Waals surface area (Å²) in [7, 11) is 0. The fraction of sp³-hybridized carbons (Fsp3) is 0.207. The summed E-state index contributed by atoms with van der Waals surface area (Å²) in [6, 6.07) is 13.8. The Balaban J connectivity index is 1.54. The van der Waals surface area contributed by atoms with Crippen molar-refractivity contribution in [2.24, 2.45) is 0 Å². The summed E-state index contributed by atoms with van der Waals surface area (Å²) in [4.78, 5) is 32.9. The Morgan fingerprint density at radius 2 is 1.86 bits per heavy atom. The summed E-state index contributed by atoms with van der Waals surface area (Å²) in [6.07, 6.45) is 0.694. The van der Waals surface area contributed by atoms with Crippen molar-refractivity contribution in [3.8, 4) is 5.75 Å². The Kier molecular flexibility index (Phi) is 5.38. The molecule has 1 N–H and O–H groups in total. The number of aromatic nitrogens is 1. The van der Waals surface area contributed by atoms with Gasteiger partial charge in [0.15, 0.2) is 5.13 Å². The minimum atomic E-state index is -0.967. The molecule has 6 rings (SSSR count). The van der Waals surface area contributed by atoms with Crippen LogP contribution in [0.5, 0.6) is 5.75 Å². The lowest BCUT2D eigenvalue weighted by molar-refractivity contribution is -0.132. The van der Waals surface area contributed by atoms with Gasteiger partial charge in [-0.25, -0.2) is 9.37 Å². The van der Waals surface area contributed by atoms with E-state index in [2.05, 4.69) is 0 Å². The van der Waals surface area contributed by atoms with E-state index in [0.29, 0.717) is 22.7 Å². The van der Waals surface area contributed by atoms with Gasteiger partial charge in [0.2, 0.25) is 0 Å². The molecule has 0 radical (unpaired) electrons. The van der Waals surface area contributed by atoms with Gasteiger partial charge in [-0.15, -0.1) is 0 Å². The molecular weight excluding hydrogens is 491 g/mol. The van der Waals surface area contributed by atoms with Crippen molar-refractivity contribution in [3.05, 3.63) is 93.8 Å². The average Bonchev–Trinajstić information content (AvgIpc) is 3.52. The number of aryl methyl sites for hydroxylation is 2. The molecule has 1 amide bonds. The predicted octanol–water partition coefficient (Wildman–Crippen LogP) is 6.00. The van der Waals surface area contributed by atoms with Crippen LogP contribution in [-0.4, -0.2) is 27.9 Å². The first-order valence-corrected chi connectivity index (χ1v) is 12.8. The van der Waals surface area contributed by atoms with Gasteiger partial charge in [-0.1, -0.05) is 29.5 Å². The first kappa shape index (κ1) is 23.4. The maximum atomic E-state index is 13.8. The lowest BCUT2D eigenvalue weighted by Gasteiger charge is -2.23. The first-order valence-electron chi connectivity index (χ1n) is 12.0. The fourth-order valence-corrected chi connectivity index (χ4v) is 6.35. The second kappa shape index (κ2) is 8.52. The van der Waals surface area contributed by atoms with Crippen LogP contribution in [0.25, 0.3) is 16.0 Å². The zero-order chi connectivity index (χ0) is 26.0. The highest BCUT2D eigenvalue weighted by atomic mass is 32.1. The average molecular weight is 515 g/mol. The number of carbonyl (C=O) groups excluding carboxylic acids is 2. The van der Waals surface area contributed by atoms with E-state index in [9.17, 15) is 19.1 Å². The third-order valence-corrected chi connectivity index (χ3v) is 7.83. The van der Waals surface area contributed by atoms with Crippen LogP contribution in [0.1, 0.15) is 40.8 Å². The number of halogens is 1. The van der Waals surface area contributed by atoms with Crippen LogP contribution in [0, 0.1) is 19.7 Å². The number of anilines is 1. The SMILES string of the molecule is Cc1cc(C)c2nc(N3C(=O)C(=O)C(=C(O)c4ccc5c(c4)C[C@@H](C)O5)[C@@H]3c3ccc(F)cc3)sc2c1. The zero-order valence-electron chi connectivity index (χ0n) is 20.4. The molecule has 2 atom stereocenters. The summed E-state index contributed by atoms with van der Waals surface area (Å²) < 4.78 is 20.5. The van der Waals surface area contributed by atoms with E-state index in [0.717, 1.165) is 32.7 Å². The molecule has 0 aliphatic carbocycles. The van der Waals surface area contributed by atoms with E-state index in [1.54, 1.807) is 18.2 Å². The van der Waals surface area contributed by atoms with E-state index in [1.807, 2.05) is 32.9 Å². The molecule has 3 aromatic carbocycles. The highest BCUT2D eigenvalue weighted by Gasteiger charge is 2.48. The van der Waals surface area contributed by atoms with Gasteiger partial charge >= 0.3 is 5.91 Å². The summed E-state index contributed by atoms with van der Waals surface area (Å²) in [6.45, 7) is 5.89. The van der Waals surface area contributed by atoms with Crippen molar-refractivity contribution in [1.29, 1.82) is 0 Å². The molecule has 186 valence electrons. The highest BCUT2D eigenvalue weighted by Crippen LogP contribution is 2.45. The molecule has 1 aromatic heterocycles. The number of Topliss-reactive ketones (excluding diaryl/α,β-unsaturated/α-hetero) is 1. The van der Waals surface area contributed by atoms with Crippen molar-refractivity contribution in [1.82, 2.24) is 4.98 Å². The molecule has 3 heterocycles. The Morgan fingerprint density at radius 1 is 1.11 bits per heavy atom. The van der Waals surface area contributed by atoms with Crippen LogP contribution in [0.3, 0.4) is 0 Å². The van der Waals surface area contributed by atoms with Crippen LogP contribution in [0.4, 0.5) is 9.52 Å². The zero-order valence-corrected chi connectivity index (χ0v) is 21.2. The molecule has 1 fully saturated rings. The summed E-state index contributed by atoms with van der Waals surface area (Å²) in [5.41, 5.74) is 4.54. The molecule has 2 aliphatic rings. The van der Waals surface area contributed by atoms with Crippen molar-refractivity contribution in [2.75, 3.05) is 4.90 Å². The maximum absolute atomic E-state index is 13.8. The van der Waals surface area contributed by atoms with Gasteiger partial charge in [-0.2, -0.15) is 0 Å². The number of carbonyl (C=O) groups is 2. The van der Waals surface area contributed by atoms with Gasteiger partial charge < -0.3 is 9.84 Å². The number of amides is 1. The smallest absolute Gasteiger partial charge is 0.301 e. The Morgan fingerprint density at radius 3 is 2.62 bits per heavy atom. The molecule has 0 bridgehead atoms. The molecule has 37 heavy (non-hydrogen) atoms. The molecule has 1 saturated heterocycles. The largest absolute Gasteiger partial charge is 0.507 e. The number of nitrogens with zero attached hydrogens (tertiary/aromatic N) is 2. The first-order chi connectivity index (χ1) is 17.7. The number of rotatable bonds is 3. The van der Waals surface area contributed by atoms with Gasteiger partial charge in [0.05, 0.1) is 21.8 Å². The van der Waals surface area contributed by atoms with E-state index >= 15 is 0 Å². The number of ether oxygens (including phenoxy) is 1. The number of thiazole rings is 1. The van der Waals surface area contributed by atoms with Gasteiger partial charge in [0.1, 0.15) is 23.4 Å². The molecule has 0 spiro atoms. The van der Waals surface area contributed by atoms with Crippen molar-refractivity contribution in [3.63, 3.8) is 0 Å². The van der Waals surface area contributed by atoms with Crippen molar-refractivity contribution < 1.29 is 23.8 Å². The Labute approximate surface area is 216 Å². The third kappa shape index (κ3) is 3.79. The summed E-state index contributed by atoms with van der Waals surface area (Å²) in [5, 5.41) is 11.8. The quantitative estimate of drug-likeness (QED) is 0.206. The molecular formula is C29H23FN2O4S. The number of aliphatic hydroxyl groups excluding tert-OH is 1. The number of hydrogen-bond acceptors (Lipinski definition) is 6. The Hall–Kier alpha value is -4.04. The lowest BCUT2D eigenvalue weighted by atomic mass is 9.94. The van der Waals surface area contributed by atoms with Gasteiger partial charge in [-0.05, 0) is 79.4 Å². The van der Waals surface area contributed by atoms with Gasteiger partial charge in [-0.3, -0.25) is 14.5 Å². The van der Waals surface area contributed by atoms with Crippen molar-refractivity contribution >= 4 is 44.1 Å². The molecule has 8 heteroatoms. The minimum Gasteiger partial charge on any atom is -0.507 e. The second-order valence-corrected chi connectivity index (χ2v) is 10.6. The highest BCUT2D eigenvalue weighted by molar-refractivity contribution is 7.22. The minimum absolute atomic E-state index is 0.0170. The number of hydrogen-bond donors (Lipinski definition) is 1. The monoisotopic (exact) mass is 514 g/mol. The molecule has 6 nitrogen and oxygen atoms in total. The normalized spacial score (nSPS) is 20.5.